The normalized spacial score (nSPS) is 12.2. The van der Waals surface area contributed by atoms with Crippen LogP contribution in [0, 0.1) is 5.82 Å². The first-order chi connectivity index (χ1) is 9.51. The summed E-state index contributed by atoms with van der Waals surface area (Å²) < 4.78 is 23.2. The number of furan rings is 1. The molecule has 0 bridgehead atoms. The van der Waals surface area contributed by atoms with Crippen molar-refractivity contribution in [3.8, 4) is 11.3 Å². The summed E-state index contributed by atoms with van der Waals surface area (Å²) in [6.07, 6.45) is 0.224. The van der Waals surface area contributed by atoms with Crippen molar-refractivity contribution in [2.75, 3.05) is 7.11 Å². The van der Waals surface area contributed by atoms with Gasteiger partial charge in [-0.15, -0.1) is 0 Å². The van der Waals surface area contributed by atoms with Crippen LogP contribution >= 0.6 is 11.6 Å². The first-order valence-electron chi connectivity index (χ1n) is 5.89. The van der Waals surface area contributed by atoms with Gasteiger partial charge in [-0.1, -0.05) is 11.6 Å². The van der Waals surface area contributed by atoms with E-state index in [0.717, 1.165) is 0 Å². The SMILES string of the molecule is COC(=O)C(N)Cc1ccc(-c2ccc(F)c(Cl)c2)o1. The molecule has 1 heterocycles. The molecule has 0 fully saturated rings. The molecule has 0 aliphatic rings. The molecule has 4 nitrogen and oxygen atoms in total. The van der Waals surface area contributed by atoms with E-state index in [1.165, 1.54) is 19.2 Å². The van der Waals surface area contributed by atoms with Crippen LogP contribution in [0.1, 0.15) is 5.76 Å². The Bertz CT molecular complexity index is 627. The van der Waals surface area contributed by atoms with Gasteiger partial charge in [0.2, 0.25) is 0 Å². The molecule has 2 rings (SSSR count). The second-order valence-corrected chi connectivity index (χ2v) is 4.64. The lowest BCUT2D eigenvalue weighted by molar-refractivity contribution is -0.142. The Kier molecular flexibility index (Phi) is 4.42. The summed E-state index contributed by atoms with van der Waals surface area (Å²) in [5.41, 5.74) is 6.29. The highest BCUT2D eigenvalue weighted by Crippen LogP contribution is 2.26. The summed E-state index contributed by atoms with van der Waals surface area (Å²) in [7, 11) is 1.27. The molecule has 0 radical (unpaired) electrons. The fourth-order valence-electron chi connectivity index (χ4n) is 1.74. The van der Waals surface area contributed by atoms with Gasteiger partial charge in [0.1, 0.15) is 23.4 Å². The van der Waals surface area contributed by atoms with Gasteiger partial charge in [-0.25, -0.2) is 4.39 Å². The first kappa shape index (κ1) is 14.6. The van der Waals surface area contributed by atoms with Crippen molar-refractivity contribution in [1.82, 2.24) is 0 Å². The van der Waals surface area contributed by atoms with Crippen LogP contribution in [-0.4, -0.2) is 19.1 Å². The third-order valence-electron chi connectivity index (χ3n) is 2.79. The van der Waals surface area contributed by atoms with E-state index in [-0.39, 0.29) is 11.4 Å². The minimum Gasteiger partial charge on any atom is -0.468 e. The molecule has 0 aliphatic carbocycles. The van der Waals surface area contributed by atoms with Crippen LogP contribution < -0.4 is 5.73 Å². The second kappa shape index (κ2) is 6.07. The zero-order valence-electron chi connectivity index (χ0n) is 10.7. The van der Waals surface area contributed by atoms with E-state index in [1.807, 2.05) is 0 Å². The number of carbonyl (C=O) groups is 1. The van der Waals surface area contributed by atoms with Crippen LogP contribution in [0.25, 0.3) is 11.3 Å². The van der Waals surface area contributed by atoms with Crippen molar-refractivity contribution >= 4 is 17.6 Å². The number of carbonyl (C=O) groups excluding carboxylic acids is 1. The lowest BCUT2D eigenvalue weighted by Crippen LogP contribution is -2.33. The Hall–Kier alpha value is -1.85. The lowest BCUT2D eigenvalue weighted by Gasteiger charge is -2.06. The number of esters is 1. The fourth-order valence-corrected chi connectivity index (χ4v) is 1.92. The summed E-state index contributed by atoms with van der Waals surface area (Å²) in [6.45, 7) is 0. The summed E-state index contributed by atoms with van der Waals surface area (Å²) in [6, 6.07) is 6.93. The van der Waals surface area contributed by atoms with Crippen molar-refractivity contribution < 1.29 is 18.3 Å². The number of nitrogens with two attached hydrogens (primary N) is 1. The van der Waals surface area contributed by atoms with Crippen molar-refractivity contribution in [2.24, 2.45) is 5.73 Å². The van der Waals surface area contributed by atoms with Crippen molar-refractivity contribution in [3.05, 3.63) is 46.9 Å². The number of ether oxygens (including phenoxy) is 1. The molecule has 0 saturated carbocycles. The molecule has 2 N–H and O–H groups in total. The fraction of sp³-hybridized carbons (Fsp3) is 0.214. The number of benzene rings is 1. The van der Waals surface area contributed by atoms with Gasteiger partial charge in [-0.2, -0.15) is 0 Å². The number of hydrogen-bond acceptors (Lipinski definition) is 4. The quantitative estimate of drug-likeness (QED) is 0.881. The maximum absolute atomic E-state index is 13.1. The molecule has 0 amide bonds. The molecule has 2 aromatic rings. The Morgan fingerprint density at radius 3 is 2.85 bits per heavy atom. The van der Waals surface area contributed by atoms with E-state index in [9.17, 15) is 9.18 Å². The third kappa shape index (κ3) is 3.18. The van der Waals surface area contributed by atoms with Gasteiger partial charge in [0, 0.05) is 12.0 Å². The van der Waals surface area contributed by atoms with Crippen LogP contribution in [0.15, 0.2) is 34.7 Å². The molecule has 1 atom stereocenters. The molecule has 1 unspecified atom stereocenters. The van der Waals surface area contributed by atoms with E-state index in [4.69, 9.17) is 21.8 Å². The number of methoxy groups -OCH3 is 1. The van der Waals surface area contributed by atoms with Gasteiger partial charge in [-0.3, -0.25) is 4.79 Å². The molecule has 1 aromatic heterocycles. The summed E-state index contributed by atoms with van der Waals surface area (Å²) >= 11 is 5.72. The molecule has 0 spiro atoms. The lowest BCUT2D eigenvalue weighted by atomic mass is 10.1. The maximum atomic E-state index is 13.1. The Morgan fingerprint density at radius 2 is 2.20 bits per heavy atom. The van der Waals surface area contributed by atoms with E-state index in [0.29, 0.717) is 17.1 Å². The molecule has 0 aliphatic heterocycles. The Labute approximate surface area is 120 Å². The predicted molar refractivity (Wildman–Crippen MR) is 72.8 cm³/mol. The average molecular weight is 298 g/mol. The molecular formula is C14H13ClFNO3. The minimum atomic E-state index is -0.782. The first-order valence-corrected chi connectivity index (χ1v) is 6.26. The molecule has 6 heteroatoms. The van der Waals surface area contributed by atoms with Gasteiger partial charge >= 0.3 is 5.97 Å². The molecule has 0 saturated heterocycles. The molecule has 1 aromatic carbocycles. The van der Waals surface area contributed by atoms with Crippen LogP contribution in [-0.2, 0) is 16.0 Å². The number of halogens is 2. The third-order valence-corrected chi connectivity index (χ3v) is 3.08. The number of hydrogen-bond donors (Lipinski definition) is 1. The summed E-state index contributed by atoms with van der Waals surface area (Å²) in [5.74, 6) is 0.0694. The molecule has 20 heavy (non-hydrogen) atoms. The second-order valence-electron chi connectivity index (χ2n) is 4.23. The Balaban J connectivity index is 2.16. The smallest absolute Gasteiger partial charge is 0.323 e. The van der Waals surface area contributed by atoms with Crippen LogP contribution in [0.2, 0.25) is 5.02 Å². The highest BCUT2D eigenvalue weighted by Gasteiger charge is 2.17. The minimum absolute atomic E-state index is 0.0201. The largest absolute Gasteiger partial charge is 0.468 e. The number of rotatable bonds is 4. The van der Waals surface area contributed by atoms with E-state index in [2.05, 4.69) is 4.74 Å². The monoisotopic (exact) mass is 297 g/mol. The highest BCUT2D eigenvalue weighted by molar-refractivity contribution is 6.31. The van der Waals surface area contributed by atoms with Crippen LogP contribution in [0.4, 0.5) is 4.39 Å². The summed E-state index contributed by atoms with van der Waals surface area (Å²) in [4.78, 5) is 11.2. The molecule has 106 valence electrons. The standard InChI is InChI=1S/C14H13ClFNO3/c1-19-14(18)12(17)7-9-3-5-13(20-9)8-2-4-11(16)10(15)6-8/h2-6,12H,7,17H2,1H3. The average Bonchev–Trinajstić information content (AvgIpc) is 2.89. The van der Waals surface area contributed by atoms with Gasteiger partial charge in [0.05, 0.1) is 12.1 Å². The van der Waals surface area contributed by atoms with Crippen molar-refractivity contribution in [1.29, 1.82) is 0 Å². The highest BCUT2D eigenvalue weighted by atomic mass is 35.5. The van der Waals surface area contributed by atoms with E-state index >= 15 is 0 Å². The maximum Gasteiger partial charge on any atom is 0.323 e. The predicted octanol–water partition coefficient (Wildman–Crippen LogP) is 2.78. The van der Waals surface area contributed by atoms with Crippen LogP contribution in [0.5, 0.6) is 0 Å². The topological polar surface area (TPSA) is 65.5 Å². The summed E-state index contributed by atoms with van der Waals surface area (Å²) in [5, 5.41) is 0.0201. The van der Waals surface area contributed by atoms with E-state index < -0.39 is 17.8 Å². The van der Waals surface area contributed by atoms with Crippen molar-refractivity contribution in [3.63, 3.8) is 0 Å². The van der Waals surface area contributed by atoms with E-state index in [1.54, 1.807) is 18.2 Å². The van der Waals surface area contributed by atoms with Gasteiger partial charge in [-0.05, 0) is 30.3 Å². The van der Waals surface area contributed by atoms with Gasteiger partial charge in [0.15, 0.2) is 0 Å². The van der Waals surface area contributed by atoms with Gasteiger partial charge < -0.3 is 14.9 Å². The van der Waals surface area contributed by atoms with Crippen LogP contribution in [0.3, 0.4) is 0 Å². The zero-order valence-corrected chi connectivity index (χ0v) is 11.5. The molecular weight excluding hydrogens is 285 g/mol. The Morgan fingerprint density at radius 1 is 1.45 bits per heavy atom. The van der Waals surface area contributed by atoms with Gasteiger partial charge in [0.25, 0.3) is 0 Å². The zero-order chi connectivity index (χ0) is 14.7. The van der Waals surface area contributed by atoms with Crippen molar-refractivity contribution in [2.45, 2.75) is 12.5 Å².